The van der Waals surface area contributed by atoms with Crippen LogP contribution in [0.15, 0.2) is 60.7 Å². The number of benzene rings is 3. The van der Waals surface area contributed by atoms with Gasteiger partial charge < -0.3 is 15.2 Å². The summed E-state index contributed by atoms with van der Waals surface area (Å²) >= 11 is 0. The Labute approximate surface area is 177 Å². The summed E-state index contributed by atoms with van der Waals surface area (Å²) < 4.78 is 4.98. The van der Waals surface area contributed by atoms with Crippen molar-refractivity contribution in [1.82, 2.24) is 0 Å². The van der Waals surface area contributed by atoms with Gasteiger partial charge in [0.05, 0.1) is 11.3 Å². The zero-order valence-corrected chi connectivity index (χ0v) is 16.5. The van der Waals surface area contributed by atoms with Crippen LogP contribution in [0.2, 0.25) is 0 Å². The molecule has 154 valence electrons. The molecule has 1 aliphatic rings. The fourth-order valence-corrected chi connectivity index (χ4v) is 3.47. The van der Waals surface area contributed by atoms with Crippen LogP contribution in [0.4, 0.5) is 5.69 Å². The Hall–Kier alpha value is -4.26. The number of phenols is 1. The van der Waals surface area contributed by atoms with Gasteiger partial charge in [-0.3, -0.25) is 14.4 Å². The summed E-state index contributed by atoms with van der Waals surface area (Å²) in [5.74, 6) is -2.43. The van der Waals surface area contributed by atoms with Crippen LogP contribution in [0.5, 0.6) is 5.75 Å². The number of carbonyl (C=O) groups excluding carboxylic acids is 4. The van der Waals surface area contributed by atoms with Gasteiger partial charge in [-0.05, 0) is 24.6 Å². The van der Waals surface area contributed by atoms with Crippen molar-refractivity contribution in [3.63, 3.8) is 0 Å². The molecule has 0 unspecified atom stereocenters. The standard InChI is InChI=1S/C24H17NO6/c1-13-6-4-10-17(21(13)27)24(30)31-12-19(26)25-18-11-5-9-16-20(18)23(29)15-8-3-2-7-14(15)22(16)28/h2-11,27H,12H2,1H3,(H,25,26). The fraction of sp³-hybridized carbons (Fsp3) is 0.0833. The van der Waals surface area contributed by atoms with E-state index in [1.165, 1.54) is 18.2 Å². The minimum atomic E-state index is -0.855. The Morgan fingerprint density at radius 2 is 1.52 bits per heavy atom. The molecule has 1 amide bonds. The van der Waals surface area contributed by atoms with Crippen molar-refractivity contribution in [2.75, 3.05) is 11.9 Å². The largest absolute Gasteiger partial charge is 0.507 e. The molecule has 0 aromatic heterocycles. The maximum atomic E-state index is 13.0. The predicted octanol–water partition coefficient (Wildman–Crippen LogP) is 3.27. The SMILES string of the molecule is Cc1cccc(C(=O)OCC(=O)Nc2cccc3c2C(=O)c2ccccc2C3=O)c1O. The van der Waals surface area contributed by atoms with E-state index in [1.54, 1.807) is 49.4 Å². The normalized spacial score (nSPS) is 12.0. The van der Waals surface area contributed by atoms with Gasteiger partial charge in [-0.2, -0.15) is 0 Å². The number of para-hydroxylation sites is 1. The lowest BCUT2D eigenvalue weighted by molar-refractivity contribution is -0.119. The molecule has 0 saturated heterocycles. The summed E-state index contributed by atoms with van der Waals surface area (Å²) in [6, 6.07) is 15.7. The van der Waals surface area contributed by atoms with E-state index in [1.807, 2.05) is 0 Å². The number of esters is 1. The number of ketones is 2. The summed E-state index contributed by atoms with van der Waals surface area (Å²) in [7, 11) is 0. The third-order valence-corrected chi connectivity index (χ3v) is 5.02. The highest BCUT2D eigenvalue weighted by atomic mass is 16.5. The van der Waals surface area contributed by atoms with Crippen molar-refractivity contribution in [1.29, 1.82) is 0 Å². The number of phenolic OH excluding ortho intramolecular Hbond substituents is 1. The van der Waals surface area contributed by atoms with Gasteiger partial charge in [-0.1, -0.05) is 48.5 Å². The second-order valence-electron chi connectivity index (χ2n) is 7.03. The number of rotatable bonds is 4. The van der Waals surface area contributed by atoms with Crippen molar-refractivity contribution < 1.29 is 29.0 Å². The highest BCUT2D eigenvalue weighted by Crippen LogP contribution is 2.32. The van der Waals surface area contributed by atoms with E-state index in [4.69, 9.17) is 4.74 Å². The van der Waals surface area contributed by atoms with Crippen molar-refractivity contribution >= 4 is 29.1 Å². The second-order valence-corrected chi connectivity index (χ2v) is 7.03. The first kappa shape index (κ1) is 20.0. The summed E-state index contributed by atoms with van der Waals surface area (Å²) in [6.07, 6.45) is 0. The van der Waals surface area contributed by atoms with Crippen molar-refractivity contribution in [3.05, 3.63) is 94.0 Å². The molecule has 4 rings (SSSR count). The minimum absolute atomic E-state index is 0.0535. The molecule has 2 N–H and O–H groups in total. The molecule has 3 aromatic rings. The first-order valence-electron chi connectivity index (χ1n) is 9.45. The predicted molar refractivity (Wildman–Crippen MR) is 112 cm³/mol. The van der Waals surface area contributed by atoms with Crippen molar-refractivity contribution in [2.45, 2.75) is 6.92 Å². The third kappa shape index (κ3) is 3.57. The quantitative estimate of drug-likeness (QED) is 0.495. The van der Waals surface area contributed by atoms with Crippen LogP contribution < -0.4 is 5.32 Å². The third-order valence-electron chi connectivity index (χ3n) is 5.02. The summed E-state index contributed by atoms with van der Waals surface area (Å²) in [4.78, 5) is 50.3. The van der Waals surface area contributed by atoms with Crippen LogP contribution in [0.25, 0.3) is 0 Å². The van der Waals surface area contributed by atoms with E-state index in [2.05, 4.69) is 5.32 Å². The molecule has 7 heteroatoms. The molecule has 0 spiro atoms. The molecule has 0 fully saturated rings. The smallest absolute Gasteiger partial charge is 0.342 e. The maximum Gasteiger partial charge on any atom is 0.342 e. The Balaban J connectivity index is 1.52. The molecule has 0 aliphatic heterocycles. The lowest BCUT2D eigenvalue weighted by Gasteiger charge is -2.20. The topological polar surface area (TPSA) is 110 Å². The maximum absolute atomic E-state index is 13.0. The molecule has 0 radical (unpaired) electrons. The average Bonchev–Trinajstić information content (AvgIpc) is 2.77. The number of amides is 1. The molecule has 0 bridgehead atoms. The van der Waals surface area contributed by atoms with Crippen molar-refractivity contribution in [3.8, 4) is 5.75 Å². The van der Waals surface area contributed by atoms with Gasteiger partial charge in [0.1, 0.15) is 11.3 Å². The summed E-state index contributed by atoms with van der Waals surface area (Å²) in [6.45, 7) is 1.00. The Morgan fingerprint density at radius 3 is 2.26 bits per heavy atom. The zero-order chi connectivity index (χ0) is 22.1. The van der Waals surface area contributed by atoms with E-state index in [9.17, 15) is 24.3 Å². The van der Waals surface area contributed by atoms with E-state index in [0.29, 0.717) is 11.1 Å². The number of nitrogens with one attached hydrogen (secondary N) is 1. The molecule has 7 nitrogen and oxygen atoms in total. The van der Waals surface area contributed by atoms with Crippen LogP contribution in [0.1, 0.15) is 47.8 Å². The first-order valence-corrected chi connectivity index (χ1v) is 9.45. The molecule has 0 heterocycles. The Kier molecular flexibility index (Phi) is 5.09. The molecule has 0 atom stereocenters. The van der Waals surface area contributed by atoms with Crippen LogP contribution in [-0.2, 0) is 9.53 Å². The van der Waals surface area contributed by atoms with Gasteiger partial charge in [0.25, 0.3) is 5.91 Å². The number of carbonyl (C=O) groups is 4. The van der Waals surface area contributed by atoms with Gasteiger partial charge in [0.15, 0.2) is 18.2 Å². The van der Waals surface area contributed by atoms with E-state index in [-0.39, 0.29) is 45.3 Å². The lowest BCUT2D eigenvalue weighted by atomic mass is 9.83. The van der Waals surface area contributed by atoms with Crippen LogP contribution in [-0.4, -0.2) is 35.2 Å². The van der Waals surface area contributed by atoms with Crippen LogP contribution >= 0.6 is 0 Å². The van der Waals surface area contributed by atoms with Crippen molar-refractivity contribution in [2.24, 2.45) is 0 Å². The molecule has 1 aliphatic carbocycles. The Bertz CT molecular complexity index is 1260. The monoisotopic (exact) mass is 415 g/mol. The number of ether oxygens (including phenoxy) is 1. The van der Waals surface area contributed by atoms with E-state index in [0.717, 1.165) is 0 Å². The number of fused-ring (bicyclic) bond motifs is 2. The lowest BCUT2D eigenvalue weighted by Crippen LogP contribution is -2.26. The van der Waals surface area contributed by atoms with Gasteiger partial charge in [0.2, 0.25) is 0 Å². The molecule has 0 saturated carbocycles. The number of anilines is 1. The van der Waals surface area contributed by atoms with E-state index < -0.39 is 18.5 Å². The van der Waals surface area contributed by atoms with Gasteiger partial charge in [-0.25, -0.2) is 4.79 Å². The second kappa shape index (κ2) is 7.87. The number of aromatic hydroxyl groups is 1. The molecular formula is C24H17NO6. The molecular weight excluding hydrogens is 398 g/mol. The minimum Gasteiger partial charge on any atom is -0.507 e. The first-order chi connectivity index (χ1) is 14.9. The fourth-order valence-electron chi connectivity index (χ4n) is 3.47. The molecule has 3 aromatic carbocycles. The highest BCUT2D eigenvalue weighted by molar-refractivity contribution is 6.30. The highest BCUT2D eigenvalue weighted by Gasteiger charge is 2.31. The summed E-state index contributed by atoms with van der Waals surface area (Å²) in [5, 5.41) is 12.5. The van der Waals surface area contributed by atoms with Crippen LogP contribution in [0, 0.1) is 6.92 Å². The average molecular weight is 415 g/mol. The van der Waals surface area contributed by atoms with E-state index >= 15 is 0 Å². The van der Waals surface area contributed by atoms with Gasteiger partial charge in [-0.15, -0.1) is 0 Å². The number of aryl methyl sites for hydroxylation is 1. The summed E-state index contributed by atoms with van der Waals surface area (Å²) in [5.41, 5.74) is 1.48. The number of hydrogen-bond acceptors (Lipinski definition) is 6. The van der Waals surface area contributed by atoms with Crippen LogP contribution in [0.3, 0.4) is 0 Å². The number of hydrogen-bond donors (Lipinski definition) is 2. The van der Waals surface area contributed by atoms with Gasteiger partial charge in [0, 0.05) is 16.7 Å². The molecule has 31 heavy (non-hydrogen) atoms. The zero-order valence-electron chi connectivity index (χ0n) is 16.5. The van der Waals surface area contributed by atoms with Gasteiger partial charge >= 0.3 is 5.97 Å². The Morgan fingerprint density at radius 1 is 0.871 bits per heavy atom.